The lowest BCUT2D eigenvalue weighted by molar-refractivity contribution is -0.133. The third-order valence-corrected chi connectivity index (χ3v) is 4.00. The number of benzene rings is 1. The molecule has 0 atom stereocenters. The Kier molecular flexibility index (Phi) is 7.39. The van der Waals surface area contributed by atoms with E-state index in [-0.39, 0.29) is 24.2 Å². The van der Waals surface area contributed by atoms with E-state index in [0.29, 0.717) is 26.2 Å². The van der Waals surface area contributed by atoms with E-state index in [1.165, 1.54) is 12.1 Å². The van der Waals surface area contributed by atoms with Gasteiger partial charge in [-0.05, 0) is 43.5 Å². The van der Waals surface area contributed by atoms with Gasteiger partial charge in [-0.25, -0.2) is 0 Å². The molecule has 1 amide bonds. The van der Waals surface area contributed by atoms with Crippen LogP contribution in [0.4, 0.5) is 8.78 Å². The number of likely N-dealkylation sites (tertiary alicyclic amines) is 1. The van der Waals surface area contributed by atoms with E-state index >= 15 is 0 Å². The maximum atomic E-state index is 12.3. The van der Waals surface area contributed by atoms with Crippen molar-refractivity contribution in [2.24, 2.45) is 5.73 Å². The van der Waals surface area contributed by atoms with Crippen molar-refractivity contribution >= 4 is 5.91 Å². The molecule has 2 N–H and O–H groups in total. The Hall–Kier alpha value is -1.73. The summed E-state index contributed by atoms with van der Waals surface area (Å²) in [5, 5.41) is 0. The van der Waals surface area contributed by atoms with Gasteiger partial charge in [-0.15, -0.1) is 0 Å². The molecule has 24 heavy (non-hydrogen) atoms. The molecule has 1 heterocycles. The standard InChI is InChI=1S/C17H24F2N2O3/c18-17(19)24-15-4-2-13(3-5-15)12-16(22)21-9-6-14(7-10-21)23-11-1-8-20/h2-5,14,17H,1,6-12,20H2. The van der Waals surface area contributed by atoms with Crippen LogP contribution < -0.4 is 10.5 Å². The van der Waals surface area contributed by atoms with Crippen LogP contribution in [0.3, 0.4) is 0 Å². The first-order valence-electron chi connectivity index (χ1n) is 8.21. The van der Waals surface area contributed by atoms with Crippen LogP contribution in [0.5, 0.6) is 5.75 Å². The second-order valence-electron chi connectivity index (χ2n) is 5.79. The van der Waals surface area contributed by atoms with Gasteiger partial charge in [0.05, 0.1) is 12.5 Å². The average Bonchev–Trinajstić information content (AvgIpc) is 2.57. The molecule has 0 bridgehead atoms. The summed E-state index contributed by atoms with van der Waals surface area (Å²) in [6.45, 7) is -0.191. The van der Waals surface area contributed by atoms with Crippen LogP contribution in [0.1, 0.15) is 24.8 Å². The minimum Gasteiger partial charge on any atom is -0.435 e. The number of piperidine rings is 1. The highest BCUT2D eigenvalue weighted by molar-refractivity contribution is 5.78. The highest BCUT2D eigenvalue weighted by atomic mass is 19.3. The molecule has 5 nitrogen and oxygen atoms in total. The van der Waals surface area contributed by atoms with Crippen LogP contribution >= 0.6 is 0 Å². The van der Waals surface area contributed by atoms with Gasteiger partial charge in [0.2, 0.25) is 5.91 Å². The zero-order chi connectivity index (χ0) is 17.4. The van der Waals surface area contributed by atoms with E-state index in [0.717, 1.165) is 24.8 Å². The van der Waals surface area contributed by atoms with Crippen LogP contribution in [-0.4, -0.2) is 49.8 Å². The molecule has 1 fully saturated rings. The van der Waals surface area contributed by atoms with Crippen molar-refractivity contribution in [3.05, 3.63) is 29.8 Å². The Bertz CT molecular complexity index is 503. The number of alkyl halides is 2. The lowest BCUT2D eigenvalue weighted by Crippen LogP contribution is -2.41. The quantitative estimate of drug-likeness (QED) is 0.736. The molecule has 0 aromatic heterocycles. The molecule has 1 saturated heterocycles. The molecule has 134 valence electrons. The first-order chi connectivity index (χ1) is 11.6. The van der Waals surface area contributed by atoms with E-state index < -0.39 is 6.61 Å². The summed E-state index contributed by atoms with van der Waals surface area (Å²) >= 11 is 0. The molecule has 2 rings (SSSR count). The van der Waals surface area contributed by atoms with E-state index in [4.69, 9.17) is 10.5 Å². The van der Waals surface area contributed by atoms with Crippen molar-refractivity contribution in [2.75, 3.05) is 26.2 Å². The molecule has 1 aliphatic heterocycles. The Labute approximate surface area is 140 Å². The van der Waals surface area contributed by atoms with Gasteiger partial charge in [0.25, 0.3) is 0 Å². The average molecular weight is 342 g/mol. The Balaban J connectivity index is 1.75. The number of carbonyl (C=O) groups excluding carboxylic acids is 1. The summed E-state index contributed by atoms with van der Waals surface area (Å²) in [7, 11) is 0. The van der Waals surface area contributed by atoms with Crippen LogP contribution in [0.25, 0.3) is 0 Å². The van der Waals surface area contributed by atoms with Crippen LogP contribution in [0, 0.1) is 0 Å². The van der Waals surface area contributed by atoms with Gasteiger partial charge in [0, 0.05) is 19.7 Å². The minimum atomic E-state index is -2.84. The second kappa shape index (κ2) is 9.54. The third-order valence-electron chi connectivity index (χ3n) is 4.00. The van der Waals surface area contributed by atoms with E-state index in [1.54, 1.807) is 12.1 Å². The molecular formula is C17H24F2N2O3. The molecule has 1 aliphatic rings. The lowest BCUT2D eigenvalue weighted by Gasteiger charge is -2.32. The summed E-state index contributed by atoms with van der Waals surface area (Å²) in [6.07, 6.45) is 2.97. The molecular weight excluding hydrogens is 318 g/mol. The summed E-state index contributed by atoms with van der Waals surface area (Å²) in [5.74, 6) is 0.134. The molecule has 0 unspecified atom stereocenters. The first kappa shape index (κ1) is 18.6. The number of nitrogens with two attached hydrogens (primary N) is 1. The van der Waals surface area contributed by atoms with Crippen molar-refractivity contribution in [1.29, 1.82) is 0 Å². The lowest BCUT2D eigenvalue weighted by atomic mass is 10.1. The zero-order valence-corrected chi connectivity index (χ0v) is 13.6. The summed E-state index contributed by atoms with van der Waals surface area (Å²) in [6, 6.07) is 6.18. The van der Waals surface area contributed by atoms with E-state index in [2.05, 4.69) is 4.74 Å². The molecule has 0 aliphatic carbocycles. The maximum Gasteiger partial charge on any atom is 0.387 e. The van der Waals surface area contributed by atoms with Crippen LogP contribution in [0.15, 0.2) is 24.3 Å². The third kappa shape index (κ3) is 6.05. The second-order valence-corrected chi connectivity index (χ2v) is 5.79. The predicted molar refractivity (Wildman–Crippen MR) is 86.0 cm³/mol. The Morgan fingerprint density at radius 2 is 1.92 bits per heavy atom. The SMILES string of the molecule is NCCCOC1CCN(C(=O)Cc2ccc(OC(F)F)cc2)CC1. The number of amides is 1. The highest BCUT2D eigenvalue weighted by Gasteiger charge is 2.23. The normalized spacial score (nSPS) is 15.8. The van der Waals surface area contributed by atoms with Crippen molar-refractivity contribution in [3.63, 3.8) is 0 Å². The fraction of sp³-hybridized carbons (Fsp3) is 0.588. The number of nitrogens with zero attached hydrogens (tertiary/aromatic N) is 1. The fourth-order valence-corrected chi connectivity index (χ4v) is 2.68. The molecule has 7 heteroatoms. The van der Waals surface area contributed by atoms with Crippen LogP contribution in [0.2, 0.25) is 0 Å². The van der Waals surface area contributed by atoms with Gasteiger partial charge < -0.3 is 20.1 Å². The summed E-state index contributed by atoms with van der Waals surface area (Å²) < 4.78 is 34.2. The van der Waals surface area contributed by atoms with Crippen molar-refractivity contribution in [1.82, 2.24) is 4.90 Å². The van der Waals surface area contributed by atoms with Gasteiger partial charge in [0.15, 0.2) is 0 Å². The monoisotopic (exact) mass is 342 g/mol. The number of ether oxygens (including phenoxy) is 2. The number of hydrogen-bond donors (Lipinski definition) is 1. The maximum absolute atomic E-state index is 12.3. The topological polar surface area (TPSA) is 64.8 Å². The fourth-order valence-electron chi connectivity index (χ4n) is 2.68. The van der Waals surface area contributed by atoms with Crippen molar-refractivity contribution in [3.8, 4) is 5.75 Å². The Morgan fingerprint density at radius 1 is 1.25 bits per heavy atom. The number of hydrogen-bond acceptors (Lipinski definition) is 4. The Morgan fingerprint density at radius 3 is 2.50 bits per heavy atom. The summed E-state index contributed by atoms with van der Waals surface area (Å²) in [5.41, 5.74) is 6.21. The van der Waals surface area contributed by atoms with Crippen LogP contribution in [-0.2, 0) is 16.0 Å². The largest absolute Gasteiger partial charge is 0.435 e. The number of rotatable bonds is 8. The minimum absolute atomic E-state index is 0.0398. The highest BCUT2D eigenvalue weighted by Crippen LogP contribution is 2.18. The van der Waals surface area contributed by atoms with Gasteiger partial charge in [-0.2, -0.15) is 8.78 Å². The number of carbonyl (C=O) groups is 1. The molecule has 1 aromatic rings. The van der Waals surface area contributed by atoms with Crippen molar-refractivity contribution < 1.29 is 23.0 Å². The zero-order valence-electron chi connectivity index (χ0n) is 13.6. The van der Waals surface area contributed by atoms with Gasteiger partial charge in [0.1, 0.15) is 5.75 Å². The number of halogens is 2. The van der Waals surface area contributed by atoms with E-state index in [9.17, 15) is 13.6 Å². The smallest absolute Gasteiger partial charge is 0.387 e. The van der Waals surface area contributed by atoms with Gasteiger partial charge >= 0.3 is 6.61 Å². The molecule has 0 saturated carbocycles. The molecule has 0 spiro atoms. The van der Waals surface area contributed by atoms with Gasteiger partial charge in [-0.3, -0.25) is 4.79 Å². The van der Waals surface area contributed by atoms with Crippen molar-refractivity contribution in [2.45, 2.75) is 38.4 Å². The van der Waals surface area contributed by atoms with Gasteiger partial charge in [-0.1, -0.05) is 12.1 Å². The van der Waals surface area contributed by atoms with E-state index in [1.807, 2.05) is 4.90 Å². The molecule has 0 radical (unpaired) electrons. The summed E-state index contributed by atoms with van der Waals surface area (Å²) in [4.78, 5) is 14.1. The predicted octanol–water partition coefficient (Wildman–Crippen LogP) is 2.19. The first-order valence-corrected chi connectivity index (χ1v) is 8.21. The molecule has 1 aromatic carbocycles.